The molecule has 1 aromatic heterocycles. The van der Waals surface area contributed by atoms with Crippen molar-refractivity contribution in [1.29, 1.82) is 0 Å². The van der Waals surface area contributed by atoms with Gasteiger partial charge in [0.1, 0.15) is 31.2 Å². The first-order valence-corrected chi connectivity index (χ1v) is 11.5. The molecule has 3 aromatic carbocycles. The number of nitrogens with zero attached hydrogens (tertiary/aromatic N) is 2. The number of aliphatic hydroxyl groups excluding tert-OH is 1. The fourth-order valence-corrected chi connectivity index (χ4v) is 3.69. The summed E-state index contributed by atoms with van der Waals surface area (Å²) in [6, 6.07) is 14.9. The van der Waals surface area contributed by atoms with E-state index in [-0.39, 0.29) is 10.8 Å². The average Bonchev–Trinajstić information content (AvgIpc) is 2.90. The van der Waals surface area contributed by atoms with E-state index in [4.69, 9.17) is 26.2 Å². The molecule has 0 aliphatic heterocycles. The number of hydrogen-bond acceptors (Lipinski definition) is 8. The molecule has 0 fully saturated rings. The summed E-state index contributed by atoms with van der Waals surface area (Å²) in [5.74, 6) is 0.751. The van der Waals surface area contributed by atoms with E-state index in [1.54, 1.807) is 37.4 Å². The van der Waals surface area contributed by atoms with Crippen molar-refractivity contribution in [3.8, 4) is 11.5 Å². The van der Waals surface area contributed by atoms with Gasteiger partial charge in [0.25, 0.3) is 0 Å². The molecule has 0 unspecified atom stereocenters. The van der Waals surface area contributed by atoms with Crippen molar-refractivity contribution in [1.82, 2.24) is 15.3 Å². The normalized spacial score (nSPS) is 10.9. The summed E-state index contributed by atoms with van der Waals surface area (Å²) in [6.07, 6.45) is 1.42. The van der Waals surface area contributed by atoms with E-state index in [9.17, 15) is 9.18 Å². The van der Waals surface area contributed by atoms with Crippen LogP contribution in [0.4, 0.5) is 15.9 Å². The van der Waals surface area contributed by atoms with E-state index >= 15 is 0 Å². The van der Waals surface area contributed by atoms with Gasteiger partial charge in [-0.2, -0.15) is 0 Å². The summed E-state index contributed by atoms with van der Waals surface area (Å²) in [7, 11) is 1.55. The lowest BCUT2D eigenvalue weighted by atomic mass is 10.1. The molecule has 0 atom stereocenters. The number of nitrogens with one attached hydrogen (secondary N) is 2. The number of carbonyl (C=O) groups is 1. The third-order valence-corrected chi connectivity index (χ3v) is 5.68. The van der Waals surface area contributed by atoms with Crippen molar-refractivity contribution >= 4 is 39.8 Å². The molecule has 0 radical (unpaired) electrons. The number of benzene rings is 3. The summed E-state index contributed by atoms with van der Waals surface area (Å²) in [6.45, 7) is 1.02. The molecule has 186 valence electrons. The molecular formula is C26H24ClFN4O4. The van der Waals surface area contributed by atoms with Crippen molar-refractivity contribution in [2.45, 2.75) is 6.54 Å². The van der Waals surface area contributed by atoms with Gasteiger partial charge in [-0.15, -0.1) is 0 Å². The molecule has 36 heavy (non-hydrogen) atoms. The number of halogens is 2. The van der Waals surface area contributed by atoms with Crippen LogP contribution in [0.2, 0.25) is 5.02 Å². The summed E-state index contributed by atoms with van der Waals surface area (Å²) in [5, 5.41) is 16.1. The van der Waals surface area contributed by atoms with Crippen LogP contribution in [0.5, 0.6) is 11.5 Å². The topological polar surface area (TPSA) is 106 Å². The molecule has 0 saturated carbocycles. The number of ether oxygens (including phenoxy) is 2. The maximum absolute atomic E-state index is 13.5. The van der Waals surface area contributed by atoms with Gasteiger partial charge in [0.15, 0.2) is 17.3 Å². The molecular weight excluding hydrogens is 487 g/mol. The van der Waals surface area contributed by atoms with Crippen molar-refractivity contribution in [3.63, 3.8) is 0 Å². The fraction of sp³-hybridized carbons (Fsp3) is 0.192. The van der Waals surface area contributed by atoms with Gasteiger partial charge in [0.05, 0.1) is 17.6 Å². The van der Waals surface area contributed by atoms with Gasteiger partial charge in [-0.3, -0.25) is 4.79 Å². The molecule has 4 aromatic rings. The molecule has 0 aliphatic rings. The van der Waals surface area contributed by atoms with Crippen LogP contribution in [-0.2, 0) is 6.54 Å². The quantitative estimate of drug-likeness (QED) is 0.200. The highest BCUT2D eigenvalue weighted by molar-refractivity contribution is 6.31. The van der Waals surface area contributed by atoms with Crippen molar-refractivity contribution in [2.24, 2.45) is 0 Å². The van der Waals surface area contributed by atoms with Crippen LogP contribution in [0.3, 0.4) is 0 Å². The lowest BCUT2D eigenvalue weighted by Gasteiger charge is -2.14. The fourth-order valence-electron chi connectivity index (χ4n) is 3.51. The van der Waals surface area contributed by atoms with Crippen LogP contribution in [0.15, 0.2) is 60.9 Å². The van der Waals surface area contributed by atoms with Crippen LogP contribution in [-0.4, -0.2) is 47.7 Å². The Morgan fingerprint density at radius 1 is 1.08 bits per heavy atom. The molecule has 10 heteroatoms. The second-order valence-corrected chi connectivity index (χ2v) is 8.21. The van der Waals surface area contributed by atoms with Gasteiger partial charge in [0, 0.05) is 35.8 Å². The van der Waals surface area contributed by atoms with Gasteiger partial charge in [0.2, 0.25) is 0 Å². The molecule has 0 saturated heterocycles. The van der Waals surface area contributed by atoms with E-state index in [1.165, 1.54) is 18.5 Å². The van der Waals surface area contributed by atoms with Gasteiger partial charge >= 0.3 is 0 Å². The Balaban J connectivity index is 1.41. The lowest BCUT2D eigenvalue weighted by Crippen LogP contribution is -2.20. The molecule has 0 spiro atoms. The summed E-state index contributed by atoms with van der Waals surface area (Å²) in [4.78, 5) is 20.1. The number of fused-ring (bicyclic) bond motifs is 1. The maximum Gasteiger partial charge on any atom is 0.188 e. The number of aromatic nitrogens is 2. The minimum Gasteiger partial charge on any atom is -0.493 e. The first-order chi connectivity index (χ1) is 17.5. The Morgan fingerprint density at radius 3 is 2.61 bits per heavy atom. The Morgan fingerprint density at radius 2 is 1.89 bits per heavy atom. The van der Waals surface area contributed by atoms with Gasteiger partial charge < -0.3 is 25.2 Å². The van der Waals surface area contributed by atoms with Crippen molar-refractivity contribution < 1.29 is 23.8 Å². The molecule has 8 nitrogen and oxygen atoms in total. The molecule has 0 aliphatic carbocycles. The van der Waals surface area contributed by atoms with Crippen LogP contribution < -0.4 is 20.1 Å². The number of ketones is 1. The molecule has 0 bridgehead atoms. The number of Topliss-reactive ketones (excluding diaryl/α,β-unsaturated/α-hetero) is 1. The third kappa shape index (κ3) is 6.06. The number of rotatable bonds is 11. The van der Waals surface area contributed by atoms with Gasteiger partial charge in [-0.1, -0.05) is 35.9 Å². The molecule has 4 rings (SSSR count). The zero-order chi connectivity index (χ0) is 25.5. The number of aliphatic hydroxyl groups is 1. The summed E-state index contributed by atoms with van der Waals surface area (Å²) < 4.78 is 25.0. The third-order valence-electron chi connectivity index (χ3n) is 5.39. The molecule has 1 heterocycles. The smallest absolute Gasteiger partial charge is 0.188 e. The number of carbonyl (C=O) groups excluding carboxylic acids is 1. The molecule has 0 amide bonds. The number of hydrogen-bond donors (Lipinski definition) is 3. The highest BCUT2D eigenvalue weighted by atomic mass is 35.5. The van der Waals surface area contributed by atoms with Crippen molar-refractivity contribution in [2.75, 3.05) is 32.2 Å². The van der Waals surface area contributed by atoms with E-state index < -0.39 is 12.4 Å². The average molecular weight is 511 g/mol. The van der Waals surface area contributed by atoms with E-state index in [0.717, 1.165) is 5.56 Å². The second-order valence-electron chi connectivity index (χ2n) is 7.80. The minimum absolute atomic E-state index is 0.00569. The highest BCUT2D eigenvalue weighted by Gasteiger charge is 2.13. The summed E-state index contributed by atoms with van der Waals surface area (Å²) >= 11 is 5.90. The summed E-state index contributed by atoms with van der Waals surface area (Å²) in [5.41, 5.74) is 2.71. The lowest BCUT2D eigenvalue weighted by molar-refractivity contribution is 0.0903. The Labute approximate surface area is 212 Å². The van der Waals surface area contributed by atoms with Gasteiger partial charge in [-0.05, 0) is 29.8 Å². The van der Waals surface area contributed by atoms with Crippen LogP contribution >= 0.6 is 11.6 Å². The van der Waals surface area contributed by atoms with Crippen LogP contribution in [0, 0.1) is 5.82 Å². The SMILES string of the molecule is COc1cc2ncnc(Nc3ccc(F)c(Cl)c3)c2cc1OCCNCc1ccc(C(=O)CO)cc1. The monoisotopic (exact) mass is 510 g/mol. The Kier molecular flexibility index (Phi) is 8.27. The Hall–Kier alpha value is -3.79. The van der Waals surface area contributed by atoms with Crippen LogP contribution in [0.1, 0.15) is 15.9 Å². The van der Waals surface area contributed by atoms with E-state index in [0.29, 0.717) is 59.2 Å². The predicted octanol–water partition coefficient (Wildman–Crippen LogP) is 4.52. The largest absolute Gasteiger partial charge is 0.493 e. The minimum atomic E-state index is -0.503. The van der Waals surface area contributed by atoms with Crippen molar-refractivity contribution in [3.05, 3.63) is 82.9 Å². The second kappa shape index (κ2) is 11.8. The predicted molar refractivity (Wildman–Crippen MR) is 136 cm³/mol. The zero-order valence-corrected chi connectivity index (χ0v) is 20.2. The maximum atomic E-state index is 13.5. The zero-order valence-electron chi connectivity index (χ0n) is 19.4. The van der Waals surface area contributed by atoms with Crippen LogP contribution in [0.25, 0.3) is 10.9 Å². The number of anilines is 2. The first-order valence-electron chi connectivity index (χ1n) is 11.1. The first kappa shape index (κ1) is 25.3. The van der Waals surface area contributed by atoms with E-state index in [1.807, 2.05) is 12.1 Å². The number of methoxy groups -OCH3 is 1. The van der Waals surface area contributed by atoms with E-state index in [2.05, 4.69) is 20.6 Å². The highest BCUT2D eigenvalue weighted by Crippen LogP contribution is 2.35. The van der Waals surface area contributed by atoms with Gasteiger partial charge in [-0.25, -0.2) is 14.4 Å². The molecule has 3 N–H and O–H groups in total. The standard InChI is InChI=1S/C26H24ClFN4O4/c1-35-24-12-22-19(26(31-15-30-22)32-18-6-7-21(28)20(27)10-18)11-25(24)36-9-8-29-13-16-2-4-17(5-3-16)23(34)14-33/h2-7,10-12,15,29,33H,8-9,13-14H2,1H3,(H,30,31,32). The Bertz CT molecular complexity index is 1370.